The molecule has 3 heterocycles. The lowest BCUT2D eigenvalue weighted by Gasteiger charge is -2.28. The number of nitrogens with one attached hydrogen (secondary N) is 2. The van der Waals surface area contributed by atoms with Crippen molar-refractivity contribution in [1.29, 1.82) is 0 Å². The smallest absolute Gasteiger partial charge is 0.254 e. The van der Waals surface area contributed by atoms with Crippen LogP contribution < -0.4 is 5.56 Å². The van der Waals surface area contributed by atoms with Gasteiger partial charge < -0.3 is 9.97 Å². The summed E-state index contributed by atoms with van der Waals surface area (Å²) in [4.78, 5) is 26.1. The zero-order valence-corrected chi connectivity index (χ0v) is 15.9. The minimum absolute atomic E-state index is 0.0411. The van der Waals surface area contributed by atoms with Crippen molar-refractivity contribution in [3.8, 4) is 0 Å². The van der Waals surface area contributed by atoms with Crippen LogP contribution in [0, 0.1) is 5.82 Å². The SMILES string of the molecule is O=c1[nH]c(C2CCCCC2)nc2c1CCN(Cc1c[nH]c3ccc(F)cc13)C2. The summed E-state index contributed by atoms with van der Waals surface area (Å²) >= 11 is 0. The zero-order valence-electron chi connectivity index (χ0n) is 15.9. The Kier molecular flexibility index (Phi) is 4.51. The van der Waals surface area contributed by atoms with Crippen LogP contribution in [0.1, 0.15) is 60.7 Å². The van der Waals surface area contributed by atoms with Gasteiger partial charge in [-0.2, -0.15) is 0 Å². The molecule has 0 spiro atoms. The van der Waals surface area contributed by atoms with E-state index < -0.39 is 0 Å². The molecule has 1 saturated carbocycles. The molecule has 6 heteroatoms. The summed E-state index contributed by atoms with van der Waals surface area (Å²) in [5, 5.41) is 0.924. The van der Waals surface area contributed by atoms with Crippen LogP contribution >= 0.6 is 0 Å². The number of aromatic amines is 2. The quantitative estimate of drug-likeness (QED) is 0.722. The summed E-state index contributed by atoms with van der Waals surface area (Å²) in [6.45, 7) is 2.19. The topological polar surface area (TPSA) is 64.8 Å². The number of hydrogen-bond donors (Lipinski definition) is 2. The number of H-pyrrole nitrogens is 2. The van der Waals surface area contributed by atoms with Gasteiger partial charge in [-0.1, -0.05) is 19.3 Å². The molecule has 5 rings (SSSR count). The molecule has 0 bridgehead atoms. The third-order valence-corrected chi connectivity index (χ3v) is 6.29. The summed E-state index contributed by atoms with van der Waals surface area (Å²) in [7, 11) is 0. The Labute approximate surface area is 163 Å². The number of halogens is 1. The molecule has 146 valence electrons. The van der Waals surface area contributed by atoms with E-state index in [9.17, 15) is 9.18 Å². The van der Waals surface area contributed by atoms with Crippen LogP contribution in [-0.4, -0.2) is 26.4 Å². The maximum Gasteiger partial charge on any atom is 0.254 e. The highest BCUT2D eigenvalue weighted by molar-refractivity contribution is 5.83. The van der Waals surface area contributed by atoms with Gasteiger partial charge >= 0.3 is 0 Å². The van der Waals surface area contributed by atoms with Gasteiger partial charge in [-0.05, 0) is 43.0 Å². The van der Waals surface area contributed by atoms with E-state index in [2.05, 4.69) is 14.9 Å². The van der Waals surface area contributed by atoms with Crippen LogP contribution in [0.5, 0.6) is 0 Å². The molecule has 0 radical (unpaired) electrons. The van der Waals surface area contributed by atoms with E-state index in [0.29, 0.717) is 18.9 Å². The molecule has 2 aromatic heterocycles. The Morgan fingerprint density at radius 3 is 2.93 bits per heavy atom. The molecular formula is C22H25FN4O. The summed E-state index contributed by atoms with van der Waals surface area (Å²) in [6, 6.07) is 4.84. The number of rotatable bonds is 3. The molecule has 0 atom stereocenters. The average Bonchev–Trinajstić information content (AvgIpc) is 3.10. The van der Waals surface area contributed by atoms with Crippen molar-refractivity contribution < 1.29 is 4.39 Å². The lowest BCUT2D eigenvalue weighted by atomic mass is 9.88. The normalized spacial score (nSPS) is 18.5. The minimum Gasteiger partial charge on any atom is -0.361 e. The van der Waals surface area contributed by atoms with Crippen LogP contribution in [0.3, 0.4) is 0 Å². The van der Waals surface area contributed by atoms with Gasteiger partial charge in [-0.25, -0.2) is 9.37 Å². The maximum absolute atomic E-state index is 13.7. The second-order valence-electron chi connectivity index (χ2n) is 8.18. The summed E-state index contributed by atoms with van der Waals surface area (Å²) in [5.41, 5.74) is 3.82. The van der Waals surface area contributed by atoms with Crippen molar-refractivity contribution in [1.82, 2.24) is 19.9 Å². The molecule has 2 aliphatic rings. The number of fused-ring (bicyclic) bond motifs is 2. The average molecular weight is 380 g/mol. The molecule has 1 aliphatic heterocycles. The first kappa shape index (κ1) is 17.6. The van der Waals surface area contributed by atoms with E-state index in [1.54, 1.807) is 12.1 Å². The molecule has 1 fully saturated rings. The van der Waals surface area contributed by atoms with Gasteiger partial charge in [0.2, 0.25) is 0 Å². The van der Waals surface area contributed by atoms with Crippen molar-refractivity contribution in [3.63, 3.8) is 0 Å². The van der Waals surface area contributed by atoms with Crippen LogP contribution in [0.25, 0.3) is 10.9 Å². The molecule has 1 aromatic carbocycles. The molecule has 1 aliphatic carbocycles. The Morgan fingerprint density at radius 2 is 2.07 bits per heavy atom. The highest BCUT2D eigenvalue weighted by atomic mass is 19.1. The van der Waals surface area contributed by atoms with E-state index in [1.165, 1.54) is 25.3 Å². The second-order valence-corrected chi connectivity index (χ2v) is 8.18. The van der Waals surface area contributed by atoms with Gasteiger partial charge in [-0.3, -0.25) is 9.69 Å². The van der Waals surface area contributed by atoms with Crippen LogP contribution in [0.2, 0.25) is 0 Å². The monoisotopic (exact) mass is 380 g/mol. The van der Waals surface area contributed by atoms with Gasteiger partial charge in [0.1, 0.15) is 11.6 Å². The molecule has 3 aromatic rings. The summed E-state index contributed by atoms with van der Waals surface area (Å²) < 4.78 is 13.7. The lowest BCUT2D eigenvalue weighted by molar-refractivity contribution is 0.240. The van der Waals surface area contributed by atoms with Crippen LogP contribution in [0.4, 0.5) is 4.39 Å². The predicted octanol–water partition coefficient (Wildman–Crippen LogP) is 4.00. The van der Waals surface area contributed by atoms with Crippen molar-refractivity contribution >= 4 is 10.9 Å². The lowest BCUT2D eigenvalue weighted by Crippen LogP contribution is -2.35. The third kappa shape index (κ3) is 3.26. The van der Waals surface area contributed by atoms with Gasteiger partial charge in [0.15, 0.2) is 0 Å². The largest absolute Gasteiger partial charge is 0.361 e. The molecule has 28 heavy (non-hydrogen) atoms. The fourth-order valence-electron chi connectivity index (χ4n) is 4.74. The third-order valence-electron chi connectivity index (χ3n) is 6.29. The molecule has 0 unspecified atom stereocenters. The van der Waals surface area contributed by atoms with Crippen LogP contribution in [-0.2, 0) is 19.5 Å². The standard InChI is InChI=1S/C22H25FN4O/c23-16-6-7-19-18(10-16)15(11-24-19)12-27-9-8-17-20(13-27)25-21(26-22(17)28)14-4-2-1-3-5-14/h6-7,10-11,14,24H,1-5,8-9,12-13H2,(H,25,26,28). The Hall–Kier alpha value is -2.47. The van der Waals surface area contributed by atoms with Gasteiger partial charge in [0.25, 0.3) is 5.56 Å². The molecule has 2 N–H and O–H groups in total. The Morgan fingerprint density at radius 1 is 1.21 bits per heavy atom. The van der Waals surface area contributed by atoms with Crippen molar-refractivity contribution in [2.75, 3.05) is 6.54 Å². The fourth-order valence-corrected chi connectivity index (χ4v) is 4.74. The number of aromatic nitrogens is 3. The highest BCUT2D eigenvalue weighted by Gasteiger charge is 2.25. The van der Waals surface area contributed by atoms with Crippen molar-refractivity contribution in [2.45, 2.75) is 57.5 Å². The van der Waals surface area contributed by atoms with Gasteiger partial charge in [0.05, 0.1) is 5.69 Å². The molecule has 0 amide bonds. The fraction of sp³-hybridized carbons (Fsp3) is 0.455. The van der Waals surface area contributed by atoms with E-state index in [4.69, 9.17) is 4.98 Å². The molecular weight excluding hydrogens is 355 g/mol. The van der Waals surface area contributed by atoms with E-state index in [0.717, 1.165) is 59.5 Å². The maximum atomic E-state index is 13.7. The number of benzene rings is 1. The summed E-state index contributed by atoms with van der Waals surface area (Å²) in [5.74, 6) is 1.04. The molecule has 5 nitrogen and oxygen atoms in total. The second kappa shape index (κ2) is 7.17. The Bertz CT molecular complexity index is 1060. The van der Waals surface area contributed by atoms with Crippen molar-refractivity contribution in [2.24, 2.45) is 0 Å². The zero-order chi connectivity index (χ0) is 19.1. The van der Waals surface area contributed by atoms with E-state index in [-0.39, 0.29) is 11.4 Å². The van der Waals surface area contributed by atoms with E-state index >= 15 is 0 Å². The first-order valence-electron chi connectivity index (χ1n) is 10.3. The van der Waals surface area contributed by atoms with E-state index in [1.807, 2.05) is 6.20 Å². The predicted molar refractivity (Wildman–Crippen MR) is 107 cm³/mol. The Balaban J connectivity index is 1.40. The van der Waals surface area contributed by atoms with Gasteiger partial charge in [0, 0.05) is 48.2 Å². The first-order valence-corrected chi connectivity index (χ1v) is 10.3. The molecule has 0 saturated heterocycles. The number of hydrogen-bond acceptors (Lipinski definition) is 3. The van der Waals surface area contributed by atoms with Crippen molar-refractivity contribution in [3.05, 3.63) is 63.2 Å². The van der Waals surface area contributed by atoms with Gasteiger partial charge in [-0.15, -0.1) is 0 Å². The van der Waals surface area contributed by atoms with Crippen LogP contribution in [0.15, 0.2) is 29.2 Å². The summed E-state index contributed by atoms with van der Waals surface area (Å²) in [6.07, 6.45) is 8.62. The number of nitrogens with zero attached hydrogens (tertiary/aromatic N) is 2. The minimum atomic E-state index is -0.220. The first-order chi connectivity index (χ1) is 13.7. The highest BCUT2D eigenvalue weighted by Crippen LogP contribution is 2.31.